The van der Waals surface area contributed by atoms with Crippen molar-refractivity contribution in [2.75, 3.05) is 13.1 Å². The second-order valence-corrected chi connectivity index (χ2v) is 3.84. The maximum atomic E-state index is 11.6. The maximum Gasteiger partial charge on any atom is 0.225 e. The van der Waals surface area contributed by atoms with Crippen LogP contribution in [-0.4, -0.2) is 29.9 Å². The van der Waals surface area contributed by atoms with Gasteiger partial charge in [-0.3, -0.25) is 4.79 Å². The lowest BCUT2D eigenvalue weighted by Gasteiger charge is -2.23. The zero-order valence-corrected chi connectivity index (χ0v) is 7.33. The molecule has 2 N–H and O–H groups in total. The van der Waals surface area contributed by atoms with Gasteiger partial charge in [0.05, 0.1) is 0 Å². The molecular weight excluding hydrogens is 152 g/mol. The van der Waals surface area contributed by atoms with Crippen molar-refractivity contribution < 1.29 is 4.79 Å². The molecule has 0 unspecified atom stereocenters. The summed E-state index contributed by atoms with van der Waals surface area (Å²) in [5, 5.41) is 0. The topological polar surface area (TPSA) is 46.3 Å². The summed E-state index contributed by atoms with van der Waals surface area (Å²) in [7, 11) is 0. The van der Waals surface area contributed by atoms with E-state index in [4.69, 9.17) is 5.73 Å². The van der Waals surface area contributed by atoms with Gasteiger partial charge in [-0.15, -0.1) is 0 Å². The number of nitrogens with zero attached hydrogens (tertiary/aromatic N) is 1. The molecule has 1 saturated carbocycles. The second kappa shape index (κ2) is 3.05. The molecule has 2 aliphatic rings. The molecule has 0 aromatic carbocycles. The highest BCUT2D eigenvalue weighted by Gasteiger charge is 2.37. The Balaban J connectivity index is 1.96. The van der Waals surface area contributed by atoms with Gasteiger partial charge in [-0.05, 0) is 25.7 Å². The van der Waals surface area contributed by atoms with Crippen LogP contribution in [-0.2, 0) is 4.79 Å². The molecule has 0 bridgehead atoms. The van der Waals surface area contributed by atoms with Crippen LogP contribution in [0.4, 0.5) is 0 Å². The van der Waals surface area contributed by atoms with Gasteiger partial charge in [0, 0.05) is 25.0 Å². The van der Waals surface area contributed by atoms with Crippen LogP contribution in [0, 0.1) is 5.92 Å². The Morgan fingerprint density at radius 3 is 2.75 bits per heavy atom. The average Bonchev–Trinajstić information content (AvgIpc) is 2.82. The van der Waals surface area contributed by atoms with Gasteiger partial charge in [0.2, 0.25) is 5.91 Å². The van der Waals surface area contributed by atoms with E-state index in [0.717, 1.165) is 32.2 Å². The number of hydrogen-bond acceptors (Lipinski definition) is 2. The molecule has 1 heterocycles. The number of likely N-dealkylation sites (tertiary alicyclic amines) is 1. The lowest BCUT2D eigenvalue weighted by molar-refractivity contribution is -0.133. The van der Waals surface area contributed by atoms with Crippen LogP contribution in [0.1, 0.15) is 25.7 Å². The van der Waals surface area contributed by atoms with E-state index in [1.807, 2.05) is 4.90 Å². The quantitative estimate of drug-likeness (QED) is 0.646. The van der Waals surface area contributed by atoms with Crippen molar-refractivity contribution in [1.82, 2.24) is 4.90 Å². The van der Waals surface area contributed by atoms with Gasteiger partial charge in [0.15, 0.2) is 0 Å². The highest BCUT2D eigenvalue weighted by Crippen LogP contribution is 2.33. The Kier molecular flexibility index (Phi) is 2.05. The van der Waals surface area contributed by atoms with E-state index in [1.54, 1.807) is 0 Å². The van der Waals surface area contributed by atoms with E-state index in [2.05, 4.69) is 0 Å². The molecule has 3 heteroatoms. The Morgan fingerprint density at radius 2 is 2.17 bits per heavy atom. The second-order valence-electron chi connectivity index (χ2n) is 3.84. The largest absolute Gasteiger partial charge is 0.338 e. The maximum absolute atomic E-state index is 11.6. The fraction of sp³-hybridized carbons (Fsp3) is 0.889. The van der Waals surface area contributed by atoms with E-state index in [0.29, 0.717) is 24.4 Å². The number of amides is 1. The van der Waals surface area contributed by atoms with Crippen LogP contribution in [0.15, 0.2) is 0 Å². The van der Waals surface area contributed by atoms with E-state index in [9.17, 15) is 4.79 Å². The Labute approximate surface area is 72.9 Å². The van der Waals surface area contributed by atoms with Gasteiger partial charge in [-0.1, -0.05) is 0 Å². The van der Waals surface area contributed by atoms with E-state index in [1.165, 1.54) is 0 Å². The summed E-state index contributed by atoms with van der Waals surface area (Å²) in [4.78, 5) is 13.6. The van der Waals surface area contributed by atoms with Crippen molar-refractivity contribution in [2.24, 2.45) is 11.7 Å². The first-order chi connectivity index (χ1) is 5.83. The first kappa shape index (κ1) is 8.05. The number of carbonyl (C=O) groups is 1. The van der Waals surface area contributed by atoms with Gasteiger partial charge < -0.3 is 10.6 Å². The van der Waals surface area contributed by atoms with E-state index in [-0.39, 0.29) is 0 Å². The van der Waals surface area contributed by atoms with Crippen molar-refractivity contribution in [3.05, 3.63) is 0 Å². The average molecular weight is 168 g/mol. The molecular formula is C9H16N2O. The third-order valence-corrected chi connectivity index (χ3v) is 2.86. The predicted molar refractivity (Wildman–Crippen MR) is 46.5 cm³/mol. The fourth-order valence-electron chi connectivity index (χ4n) is 1.94. The molecule has 68 valence electrons. The minimum atomic E-state index is 0.345. The summed E-state index contributed by atoms with van der Waals surface area (Å²) in [5.74, 6) is 0.722. The molecule has 1 amide bonds. The lowest BCUT2D eigenvalue weighted by Crippen LogP contribution is -2.40. The molecule has 0 spiro atoms. The third-order valence-electron chi connectivity index (χ3n) is 2.86. The van der Waals surface area contributed by atoms with Crippen molar-refractivity contribution in [1.29, 1.82) is 0 Å². The molecule has 3 nitrogen and oxygen atoms in total. The first-order valence-corrected chi connectivity index (χ1v) is 4.83. The summed E-state index contributed by atoms with van der Waals surface area (Å²) in [6, 6.07) is 0.345. The Morgan fingerprint density at radius 1 is 1.42 bits per heavy atom. The highest BCUT2D eigenvalue weighted by molar-refractivity contribution is 5.81. The summed E-state index contributed by atoms with van der Waals surface area (Å²) >= 11 is 0. The highest BCUT2D eigenvalue weighted by atomic mass is 16.2. The van der Waals surface area contributed by atoms with E-state index < -0.39 is 0 Å². The SMILES string of the molecule is NC[C@H]1CCCN1C(=O)C1CC1. The summed E-state index contributed by atoms with van der Waals surface area (Å²) < 4.78 is 0. The van der Waals surface area contributed by atoms with Crippen molar-refractivity contribution >= 4 is 5.91 Å². The predicted octanol–water partition coefficient (Wildman–Crippen LogP) is 0.346. The number of carbonyl (C=O) groups excluding carboxylic acids is 1. The van der Waals surface area contributed by atoms with Gasteiger partial charge in [0.1, 0.15) is 0 Å². The zero-order chi connectivity index (χ0) is 8.55. The molecule has 0 aromatic rings. The molecule has 1 aliphatic heterocycles. The molecule has 2 fully saturated rings. The Hall–Kier alpha value is -0.570. The summed E-state index contributed by atoms with van der Waals surface area (Å²) in [5.41, 5.74) is 5.59. The van der Waals surface area contributed by atoms with Crippen LogP contribution < -0.4 is 5.73 Å². The monoisotopic (exact) mass is 168 g/mol. The van der Waals surface area contributed by atoms with Crippen LogP contribution in [0.25, 0.3) is 0 Å². The van der Waals surface area contributed by atoms with Crippen LogP contribution >= 0.6 is 0 Å². The minimum Gasteiger partial charge on any atom is -0.338 e. The first-order valence-electron chi connectivity index (χ1n) is 4.83. The number of rotatable bonds is 2. The third kappa shape index (κ3) is 1.33. The van der Waals surface area contributed by atoms with Crippen molar-refractivity contribution in [3.8, 4) is 0 Å². The fourth-order valence-corrected chi connectivity index (χ4v) is 1.94. The molecule has 2 rings (SSSR count). The van der Waals surface area contributed by atoms with Crippen molar-refractivity contribution in [2.45, 2.75) is 31.7 Å². The molecule has 0 aromatic heterocycles. The van der Waals surface area contributed by atoms with Gasteiger partial charge in [0.25, 0.3) is 0 Å². The number of hydrogen-bond donors (Lipinski definition) is 1. The Bertz CT molecular complexity index is 189. The summed E-state index contributed by atoms with van der Waals surface area (Å²) in [6.45, 7) is 1.58. The molecule has 12 heavy (non-hydrogen) atoms. The number of nitrogens with two attached hydrogens (primary N) is 1. The smallest absolute Gasteiger partial charge is 0.225 e. The van der Waals surface area contributed by atoms with Crippen molar-refractivity contribution in [3.63, 3.8) is 0 Å². The van der Waals surface area contributed by atoms with Crippen LogP contribution in [0.2, 0.25) is 0 Å². The summed E-state index contributed by atoms with van der Waals surface area (Å²) in [6.07, 6.45) is 4.45. The van der Waals surface area contributed by atoms with Gasteiger partial charge in [-0.25, -0.2) is 0 Å². The lowest BCUT2D eigenvalue weighted by atomic mass is 10.2. The minimum absolute atomic E-state index is 0.345. The normalized spacial score (nSPS) is 29.4. The molecule has 1 atom stereocenters. The zero-order valence-electron chi connectivity index (χ0n) is 7.33. The van der Waals surface area contributed by atoms with Crippen LogP contribution in [0.3, 0.4) is 0 Å². The van der Waals surface area contributed by atoms with Gasteiger partial charge >= 0.3 is 0 Å². The van der Waals surface area contributed by atoms with E-state index >= 15 is 0 Å². The molecule has 0 radical (unpaired) electrons. The van der Waals surface area contributed by atoms with Crippen LogP contribution in [0.5, 0.6) is 0 Å². The van der Waals surface area contributed by atoms with Gasteiger partial charge in [-0.2, -0.15) is 0 Å². The molecule has 1 aliphatic carbocycles. The molecule has 1 saturated heterocycles. The standard InChI is InChI=1S/C9H16N2O/c10-6-8-2-1-5-11(8)9(12)7-3-4-7/h7-8H,1-6,10H2/t8-/m1/s1.